The first-order chi connectivity index (χ1) is 10.3. The highest BCUT2D eigenvalue weighted by Crippen LogP contribution is 2.46. The second-order valence-corrected chi connectivity index (χ2v) is 6.48. The van der Waals surface area contributed by atoms with E-state index in [1.165, 1.54) is 25.8 Å². The third-order valence-corrected chi connectivity index (χ3v) is 4.91. The number of nitrogens with one attached hydrogen (secondary N) is 2. The molecule has 21 heavy (non-hydrogen) atoms. The summed E-state index contributed by atoms with van der Waals surface area (Å²) in [6, 6.07) is 0.711. The minimum absolute atomic E-state index is 0.152. The monoisotopic (exact) mass is 290 g/mol. The second kappa shape index (κ2) is 6.60. The van der Waals surface area contributed by atoms with Crippen LogP contribution in [0.3, 0.4) is 0 Å². The lowest BCUT2D eigenvalue weighted by atomic mass is 10.0. The smallest absolute Gasteiger partial charge is 0.223 e. The predicted octanol–water partition coefficient (Wildman–Crippen LogP) is 1.89. The van der Waals surface area contributed by atoms with Crippen LogP contribution in [0, 0.1) is 5.92 Å². The van der Waals surface area contributed by atoms with Gasteiger partial charge in [0.05, 0.1) is 6.33 Å². The van der Waals surface area contributed by atoms with Gasteiger partial charge >= 0.3 is 0 Å². The van der Waals surface area contributed by atoms with Crippen molar-refractivity contribution >= 4 is 5.91 Å². The third-order valence-electron chi connectivity index (χ3n) is 4.91. The van der Waals surface area contributed by atoms with E-state index >= 15 is 0 Å². The summed E-state index contributed by atoms with van der Waals surface area (Å²) in [6.07, 6.45) is 9.53. The summed E-state index contributed by atoms with van der Waals surface area (Å²) in [7, 11) is 0. The van der Waals surface area contributed by atoms with Crippen LogP contribution in [0.25, 0.3) is 0 Å². The van der Waals surface area contributed by atoms with Crippen LogP contribution in [0.4, 0.5) is 0 Å². The molecular weight excluding hydrogens is 264 g/mol. The zero-order chi connectivity index (χ0) is 14.7. The van der Waals surface area contributed by atoms with Gasteiger partial charge in [-0.05, 0) is 39.2 Å². The first-order valence-electron chi connectivity index (χ1n) is 8.25. The fourth-order valence-corrected chi connectivity index (χ4v) is 3.41. The molecule has 1 aliphatic carbocycles. The van der Waals surface area contributed by atoms with Crippen molar-refractivity contribution in [2.24, 2.45) is 5.92 Å². The molecule has 0 spiro atoms. The second-order valence-electron chi connectivity index (χ2n) is 6.48. The SMILES string of the molecule is CC1CCCCN1CCCNC(=O)[C@@H]1C[C@@H]1c1cnc[nH]1. The Bertz CT molecular complexity index is 459. The summed E-state index contributed by atoms with van der Waals surface area (Å²) in [4.78, 5) is 21.7. The number of hydrogen-bond acceptors (Lipinski definition) is 3. The first-order valence-corrected chi connectivity index (χ1v) is 8.25. The molecule has 2 N–H and O–H groups in total. The Hall–Kier alpha value is -1.36. The predicted molar refractivity (Wildman–Crippen MR) is 81.9 cm³/mol. The number of nitrogens with zero attached hydrogens (tertiary/aromatic N) is 2. The third kappa shape index (κ3) is 3.64. The van der Waals surface area contributed by atoms with Crippen LogP contribution in [-0.2, 0) is 4.79 Å². The first kappa shape index (κ1) is 14.6. The van der Waals surface area contributed by atoms with E-state index in [4.69, 9.17) is 0 Å². The maximum atomic E-state index is 12.1. The number of rotatable bonds is 6. The van der Waals surface area contributed by atoms with Crippen LogP contribution in [-0.4, -0.2) is 46.5 Å². The van der Waals surface area contributed by atoms with Gasteiger partial charge in [0.1, 0.15) is 0 Å². The van der Waals surface area contributed by atoms with E-state index in [2.05, 4.69) is 27.1 Å². The van der Waals surface area contributed by atoms with Gasteiger partial charge in [-0.1, -0.05) is 6.42 Å². The highest BCUT2D eigenvalue weighted by molar-refractivity contribution is 5.82. The number of H-pyrrole nitrogens is 1. The molecule has 2 heterocycles. The zero-order valence-corrected chi connectivity index (χ0v) is 12.8. The van der Waals surface area contributed by atoms with Gasteiger partial charge in [0, 0.05) is 42.9 Å². The van der Waals surface area contributed by atoms with Gasteiger partial charge in [-0.3, -0.25) is 4.79 Å². The van der Waals surface area contributed by atoms with Crippen molar-refractivity contribution < 1.29 is 4.79 Å². The molecule has 0 aromatic carbocycles. The maximum Gasteiger partial charge on any atom is 0.223 e. The molecule has 1 unspecified atom stereocenters. The molecule has 116 valence electrons. The Morgan fingerprint density at radius 3 is 3.19 bits per heavy atom. The van der Waals surface area contributed by atoms with Crippen molar-refractivity contribution in [1.29, 1.82) is 0 Å². The highest BCUT2D eigenvalue weighted by Gasteiger charge is 2.44. The Balaban J connectivity index is 1.32. The lowest BCUT2D eigenvalue weighted by Gasteiger charge is -2.33. The zero-order valence-electron chi connectivity index (χ0n) is 12.8. The summed E-state index contributed by atoms with van der Waals surface area (Å²) < 4.78 is 0. The fourth-order valence-electron chi connectivity index (χ4n) is 3.41. The van der Waals surface area contributed by atoms with Crippen molar-refractivity contribution in [3.05, 3.63) is 18.2 Å². The molecule has 5 heteroatoms. The minimum atomic E-state index is 0.152. The minimum Gasteiger partial charge on any atom is -0.356 e. The molecular formula is C16H26N4O. The summed E-state index contributed by atoms with van der Waals surface area (Å²) in [5.41, 5.74) is 1.09. The number of aromatic amines is 1. The molecule has 1 amide bonds. The lowest BCUT2D eigenvalue weighted by molar-refractivity contribution is -0.122. The highest BCUT2D eigenvalue weighted by atomic mass is 16.2. The summed E-state index contributed by atoms with van der Waals surface area (Å²) in [5, 5.41) is 3.09. The topological polar surface area (TPSA) is 61.0 Å². The standard InChI is InChI=1S/C16H26N4O/c1-12-5-2-3-7-20(12)8-4-6-18-16(21)14-9-13(14)15-10-17-11-19-15/h10-14H,2-9H2,1H3,(H,17,19)(H,18,21)/t12?,13-,14+/m0/s1. The number of likely N-dealkylation sites (tertiary alicyclic amines) is 1. The van der Waals surface area contributed by atoms with Gasteiger partial charge in [-0.15, -0.1) is 0 Å². The Labute approximate surface area is 126 Å². The van der Waals surface area contributed by atoms with Crippen LogP contribution in [0.2, 0.25) is 0 Å². The van der Waals surface area contributed by atoms with Crippen LogP contribution in [0.15, 0.2) is 12.5 Å². The molecule has 2 fully saturated rings. The number of carbonyl (C=O) groups is 1. The van der Waals surface area contributed by atoms with Crippen LogP contribution in [0.5, 0.6) is 0 Å². The average Bonchev–Trinajstić information content (AvgIpc) is 3.11. The molecule has 2 aliphatic rings. The average molecular weight is 290 g/mol. The van der Waals surface area contributed by atoms with Gasteiger partial charge < -0.3 is 15.2 Å². The number of piperidine rings is 1. The van der Waals surface area contributed by atoms with Crippen molar-refractivity contribution in [2.45, 2.75) is 51.0 Å². The van der Waals surface area contributed by atoms with Gasteiger partial charge in [-0.25, -0.2) is 4.98 Å². The van der Waals surface area contributed by atoms with Crippen molar-refractivity contribution in [1.82, 2.24) is 20.2 Å². The molecule has 0 bridgehead atoms. The number of imidazole rings is 1. The summed E-state index contributed by atoms with van der Waals surface area (Å²) in [5.74, 6) is 0.718. The van der Waals surface area contributed by atoms with E-state index in [1.54, 1.807) is 6.33 Å². The molecule has 3 rings (SSSR count). The van der Waals surface area contributed by atoms with Crippen molar-refractivity contribution in [3.63, 3.8) is 0 Å². The molecule has 0 radical (unpaired) electrons. The van der Waals surface area contributed by atoms with Crippen LogP contribution in [0.1, 0.15) is 50.6 Å². The molecule has 1 aromatic heterocycles. The molecule has 1 saturated heterocycles. The van der Waals surface area contributed by atoms with Crippen molar-refractivity contribution in [2.75, 3.05) is 19.6 Å². The number of aromatic nitrogens is 2. The normalized spacial score (nSPS) is 29.3. The number of amides is 1. The Kier molecular flexibility index (Phi) is 4.58. The van der Waals surface area contributed by atoms with E-state index in [-0.39, 0.29) is 11.8 Å². The Morgan fingerprint density at radius 1 is 1.52 bits per heavy atom. The van der Waals surface area contributed by atoms with E-state index < -0.39 is 0 Å². The largest absolute Gasteiger partial charge is 0.356 e. The van der Waals surface area contributed by atoms with E-state index in [0.717, 1.165) is 31.6 Å². The molecule has 1 aromatic rings. The van der Waals surface area contributed by atoms with Crippen LogP contribution >= 0.6 is 0 Å². The van der Waals surface area contributed by atoms with Gasteiger partial charge in [0.25, 0.3) is 0 Å². The van der Waals surface area contributed by atoms with E-state index in [9.17, 15) is 4.79 Å². The lowest BCUT2D eigenvalue weighted by Crippen LogP contribution is -2.39. The van der Waals surface area contributed by atoms with Crippen LogP contribution < -0.4 is 5.32 Å². The molecule has 1 saturated carbocycles. The molecule has 1 aliphatic heterocycles. The molecule has 5 nitrogen and oxygen atoms in total. The Morgan fingerprint density at radius 2 is 2.43 bits per heavy atom. The summed E-state index contributed by atoms with van der Waals surface area (Å²) in [6.45, 7) is 5.45. The van der Waals surface area contributed by atoms with E-state index in [1.807, 2.05) is 6.20 Å². The number of hydrogen-bond donors (Lipinski definition) is 2. The quantitative estimate of drug-likeness (QED) is 0.787. The summed E-state index contributed by atoms with van der Waals surface area (Å²) >= 11 is 0. The van der Waals surface area contributed by atoms with Gasteiger partial charge in [0.2, 0.25) is 5.91 Å². The van der Waals surface area contributed by atoms with Crippen molar-refractivity contribution in [3.8, 4) is 0 Å². The fraction of sp³-hybridized carbons (Fsp3) is 0.750. The number of carbonyl (C=O) groups excluding carboxylic acids is 1. The molecule has 3 atom stereocenters. The van der Waals surface area contributed by atoms with Gasteiger partial charge in [-0.2, -0.15) is 0 Å². The van der Waals surface area contributed by atoms with E-state index in [0.29, 0.717) is 12.0 Å². The van der Waals surface area contributed by atoms with Gasteiger partial charge in [0.15, 0.2) is 0 Å². The maximum absolute atomic E-state index is 12.1.